The lowest BCUT2D eigenvalue weighted by atomic mass is 9.50. The van der Waals surface area contributed by atoms with Crippen molar-refractivity contribution >= 4 is 63.8 Å². The van der Waals surface area contributed by atoms with Crippen LogP contribution in [0.2, 0.25) is 5.02 Å². The molecule has 0 spiro atoms. The van der Waals surface area contributed by atoms with Crippen molar-refractivity contribution in [3.8, 4) is 5.75 Å². The number of anilines is 2. The maximum Gasteiger partial charge on any atom is 0.235 e. The average molecular weight is 550 g/mol. The zero-order valence-electron chi connectivity index (χ0n) is 20.4. The van der Waals surface area contributed by atoms with E-state index in [4.69, 9.17) is 17.3 Å². The van der Waals surface area contributed by atoms with E-state index in [1.54, 1.807) is 0 Å². The van der Waals surface area contributed by atoms with Crippen molar-refractivity contribution in [2.45, 2.75) is 44.8 Å². The predicted molar refractivity (Wildman–Crippen MR) is 128 cm³/mol. The number of aromatic hydroxyl groups is 1. The Morgan fingerprint density at radius 2 is 1.55 bits per heavy atom. The Bertz CT molecular complexity index is 1390. The number of nitrogens with two attached hydrogens (primary N) is 1. The van der Waals surface area contributed by atoms with Crippen LogP contribution in [0.15, 0.2) is 0 Å². The van der Waals surface area contributed by atoms with Gasteiger partial charge in [0.2, 0.25) is 17.7 Å². The topological polar surface area (TPSA) is 230 Å². The van der Waals surface area contributed by atoms with Crippen molar-refractivity contribution in [3.63, 3.8) is 0 Å². The van der Waals surface area contributed by atoms with E-state index in [2.05, 4.69) is 10.6 Å². The molecule has 3 aliphatic carbocycles. The van der Waals surface area contributed by atoms with E-state index in [0.717, 1.165) is 13.8 Å². The largest absolute Gasteiger partial charge is 0.505 e. The fraction of sp³-hybridized carbons (Fsp3) is 0.458. The van der Waals surface area contributed by atoms with Gasteiger partial charge in [0.05, 0.1) is 27.8 Å². The second-order valence-corrected chi connectivity index (χ2v) is 10.4. The van der Waals surface area contributed by atoms with Crippen LogP contribution in [-0.2, 0) is 34.4 Å². The minimum Gasteiger partial charge on any atom is -0.505 e. The maximum atomic E-state index is 13.8. The fourth-order valence-corrected chi connectivity index (χ4v) is 6.31. The monoisotopic (exact) mass is 549 g/mol. The summed E-state index contributed by atoms with van der Waals surface area (Å²) in [5, 5.41) is 38.3. The molecule has 3 amide bonds. The summed E-state index contributed by atoms with van der Waals surface area (Å²) >= 11 is 6.38. The quantitative estimate of drug-likeness (QED) is 0.162. The Balaban J connectivity index is 1.99. The van der Waals surface area contributed by atoms with Gasteiger partial charge in [0.15, 0.2) is 40.4 Å². The molecule has 38 heavy (non-hydrogen) atoms. The molecule has 4 rings (SSSR count). The second kappa shape index (κ2) is 8.68. The van der Waals surface area contributed by atoms with Gasteiger partial charge in [0.1, 0.15) is 5.69 Å². The third-order valence-corrected chi connectivity index (χ3v) is 8.03. The van der Waals surface area contributed by atoms with Crippen LogP contribution in [0, 0.1) is 23.7 Å². The van der Waals surface area contributed by atoms with E-state index in [1.807, 2.05) is 0 Å². The van der Waals surface area contributed by atoms with Gasteiger partial charge in [-0.15, -0.1) is 0 Å². The SMILES string of the molecule is CC(=O)Nc1c(O)c2c(c(NC(C)=O)c1Cl)[C@@](C)(O)[C@H]1C[C@H]3CC(=O)C(C(N)=O)C(=O)[C@@]3(O)C(=O)C1C2=O. The molecule has 0 aliphatic heterocycles. The molecule has 2 saturated carbocycles. The molecule has 7 N–H and O–H groups in total. The number of carbonyl (C=O) groups is 7. The number of primary amides is 1. The zero-order valence-corrected chi connectivity index (χ0v) is 21.1. The Kier molecular flexibility index (Phi) is 6.25. The molecule has 0 heterocycles. The number of phenolic OH excluding ortho intramolecular Hbond substituents is 1. The smallest absolute Gasteiger partial charge is 0.235 e. The van der Waals surface area contributed by atoms with E-state index >= 15 is 0 Å². The van der Waals surface area contributed by atoms with Crippen LogP contribution in [0.4, 0.5) is 11.4 Å². The van der Waals surface area contributed by atoms with Crippen molar-refractivity contribution in [3.05, 3.63) is 16.1 Å². The van der Waals surface area contributed by atoms with Crippen molar-refractivity contribution in [1.82, 2.24) is 0 Å². The Morgan fingerprint density at radius 1 is 1.00 bits per heavy atom. The van der Waals surface area contributed by atoms with Gasteiger partial charge in [0, 0.05) is 37.7 Å². The molecule has 0 saturated heterocycles. The van der Waals surface area contributed by atoms with Gasteiger partial charge in [-0.2, -0.15) is 0 Å². The van der Waals surface area contributed by atoms with Crippen LogP contribution < -0.4 is 16.4 Å². The summed E-state index contributed by atoms with van der Waals surface area (Å²) in [5.74, 6) is -15.3. The van der Waals surface area contributed by atoms with E-state index < -0.39 is 111 Å². The first-order valence-electron chi connectivity index (χ1n) is 11.5. The molecule has 0 bridgehead atoms. The third-order valence-electron chi connectivity index (χ3n) is 7.65. The lowest BCUT2D eigenvalue weighted by molar-refractivity contribution is -0.182. The van der Waals surface area contributed by atoms with Crippen molar-refractivity contribution in [2.24, 2.45) is 29.4 Å². The number of hydrogen-bond donors (Lipinski definition) is 6. The molecule has 3 aliphatic rings. The number of Topliss-reactive ketones (excluding diaryl/α,β-unsaturated/α-hetero) is 4. The molecule has 14 heteroatoms. The summed E-state index contributed by atoms with van der Waals surface area (Å²) in [6.45, 7) is 3.37. The fourth-order valence-electron chi connectivity index (χ4n) is 6.04. The summed E-state index contributed by atoms with van der Waals surface area (Å²) in [4.78, 5) is 88.6. The van der Waals surface area contributed by atoms with Gasteiger partial charge in [-0.1, -0.05) is 11.6 Å². The number of fused-ring (bicyclic) bond motifs is 3. The lowest BCUT2D eigenvalue weighted by Gasteiger charge is -2.53. The number of carbonyl (C=O) groups excluding carboxylic acids is 7. The van der Waals surface area contributed by atoms with Crippen LogP contribution in [0.5, 0.6) is 5.75 Å². The number of halogens is 1. The molecule has 2 fully saturated rings. The number of aliphatic hydroxyl groups is 2. The van der Waals surface area contributed by atoms with Gasteiger partial charge in [-0.25, -0.2) is 0 Å². The zero-order chi connectivity index (χ0) is 28.6. The number of hydrogen-bond acceptors (Lipinski definition) is 10. The number of nitrogens with one attached hydrogen (secondary N) is 2. The first-order chi connectivity index (χ1) is 17.5. The van der Waals surface area contributed by atoms with Gasteiger partial charge < -0.3 is 31.7 Å². The first-order valence-corrected chi connectivity index (χ1v) is 11.9. The average Bonchev–Trinajstić information content (AvgIpc) is 2.78. The van der Waals surface area contributed by atoms with Crippen molar-refractivity contribution in [2.75, 3.05) is 10.6 Å². The summed E-state index contributed by atoms with van der Waals surface area (Å²) in [5.41, 5.74) is -1.80. The van der Waals surface area contributed by atoms with Gasteiger partial charge in [-0.3, -0.25) is 33.6 Å². The number of ketones is 4. The van der Waals surface area contributed by atoms with Gasteiger partial charge >= 0.3 is 0 Å². The first kappa shape index (κ1) is 27.4. The Labute approximate surface area is 219 Å². The molecule has 202 valence electrons. The molecular weight excluding hydrogens is 526 g/mol. The number of amides is 3. The Morgan fingerprint density at radius 3 is 2.08 bits per heavy atom. The summed E-state index contributed by atoms with van der Waals surface area (Å²) in [6, 6.07) is 0. The molecule has 0 aromatic heterocycles. The molecule has 1 aromatic rings. The van der Waals surface area contributed by atoms with Gasteiger partial charge in [-0.05, 0) is 13.3 Å². The normalized spacial score (nSPS) is 32.2. The third kappa shape index (κ3) is 3.56. The standard InChI is InChI=1S/C24H24ClN3O10/c1-6(29)27-16-14-13(19(33)17(15(16)25)28-7(2)30)18(32)11-9(23(14,3)37)4-8-5-10(31)12(22(26)36)21(35)24(8,38)20(11)34/h8-9,11-12,33,37-38H,4-5H2,1-3H3,(H2,26,36)(H,27,29)(H,28,30)/t8-,9-,11?,12?,23-,24-/m0/s1. The second-order valence-electron chi connectivity index (χ2n) is 10.1. The van der Waals surface area contributed by atoms with Crippen LogP contribution in [0.25, 0.3) is 0 Å². The highest BCUT2D eigenvalue weighted by molar-refractivity contribution is 6.39. The van der Waals surface area contributed by atoms with Crippen LogP contribution >= 0.6 is 11.6 Å². The van der Waals surface area contributed by atoms with E-state index in [9.17, 15) is 48.9 Å². The molecule has 13 nitrogen and oxygen atoms in total. The summed E-state index contributed by atoms with van der Waals surface area (Å²) in [6.07, 6.45) is -1.01. The number of phenols is 1. The van der Waals surface area contributed by atoms with Crippen LogP contribution in [0.1, 0.15) is 49.5 Å². The highest BCUT2D eigenvalue weighted by Crippen LogP contribution is 2.59. The Hall–Kier alpha value is -3.68. The molecule has 1 aromatic carbocycles. The van der Waals surface area contributed by atoms with E-state index in [-0.39, 0.29) is 11.3 Å². The summed E-state index contributed by atoms with van der Waals surface area (Å²) < 4.78 is 0. The van der Waals surface area contributed by atoms with E-state index in [0.29, 0.717) is 0 Å². The minimum atomic E-state index is -2.93. The van der Waals surface area contributed by atoms with Gasteiger partial charge in [0.25, 0.3) is 0 Å². The van der Waals surface area contributed by atoms with Crippen molar-refractivity contribution in [1.29, 1.82) is 0 Å². The van der Waals surface area contributed by atoms with Crippen LogP contribution in [-0.4, -0.2) is 61.8 Å². The summed E-state index contributed by atoms with van der Waals surface area (Å²) in [7, 11) is 0. The maximum absolute atomic E-state index is 13.8. The molecular formula is C24H24ClN3O10. The minimum absolute atomic E-state index is 0.314. The van der Waals surface area contributed by atoms with Crippen LogP contribution in [0.3, 0.4) is 0 Å². The molecule has 2 unspecified atom stereocenters. The van der Waals surface area contributed by atoms with E-state index in [1.165, 1.54) is 6.92 Å². The van der Waals surface area contributed by atoms with Crippen molar-refractivity contribution < 1.29 is 48.9 Å². The number of rotatable bonds is 3. The highest BCUT2D eigenvalue weighted by Gasteiger charge is 2.69. The molecule has 6 atom stereocenters. The highest BCUT2D eigenvalue weighted by atomic mass is 35.5. The molecule has 0 radical (unpaired) electrons. The predicted octanol–water partition coefficient (Wildman–Crippen LogP) is -0.438. The lowest BCUT2D eigenvalue weighted by Crippen LogP contribution is -2.70. The number of benzene rings is 1.